The highest BCUT2D eigenvalue weighted by molar-refractivity contribution is 14.0. The third-order valence-corrected chi connectivity index (χ3v) is 5.32. The molecule has 6 nitrogen and oxygen atoms in total. The lowest BCUT2D eigenvalue weighted by Gasteiger charge is -2.34. The van der Waals surface area contributed by atoms with Gasteiger partial charge in [0.25, 0.3) is 0 Å². The summed E-state index contributed by atoms with van der Waals surface area (Å²) in [4.78, 5) is 7.19. The Morgan fingerprint density at radius 1 is 1.23 bits per heavy atom. The van der Waals surface area contributed by atoms with Crippen LogP contribution < -0.4 is 10.6 Å². The van der Waals surface area contributed by atoms with Crippen molar-refractivity contribution in [2.45, 2.75) is 32.2 Å². The van der Waals surface area contributed by atoms with E-state index in [2.05, 4.69) is 22.5 Å². The van der Waals surface area contributed by atoms with Gasteiger partial charge in [-0.05, 0) is 49.8 Å². The topological polar surface area (TPSA) is 58.1 Å². The van der Waals surface area contributed by atoms with Gasteiger partial charge in [-0.3, -0.25) is 9.89 Å². The van der Waals surface area contributed by atoms with Crippen LogP contribution in [0.5, 0.6) is 0 Å². The number of hydrogen-bond acceptors (Lipinski definition) is 4. The van der Waals surface area contributed by atoms with Gasteiger partial charge in [-0.2, -0.15) is 0 Å². The number of hydrogen-bond donors (Lipinski definition) is 2. The van der Waals surface area contributed by atoms with E-state index >= 15 is 0 Å². The Morgan fingerprint density at radius 2 is 1.97 bits per heavy atom. The maximum absolute atomic E-state index is 13.4. The molecule has 1 saturated heterocycles. The molecule has 1 aliphatic heterocycles. The molecule has 170 valence electrons. The lowest BCUT2D eigenvalue weighted by atomic mass is 10.0. The molecule has 0 amide bonds. The molecule has 0 spiro atoms. The van der Waals surface area contributed by atoms with Crippen LogP contribution in [0.25, 0.3) is 0 Å². The van der Waals surface area contributed by atoms with Gasteiger partial charge in [-0.25, -0.2) is 4.39 Å². The standard InChI is InChI=1S/C22H35FN4O2.HI/c1-2-24-22(25-10-3-13-29-17-18-4-5-18)26-16-21(27-11-14-28-15-12-27)19-6-8-20(23)9-7-19;/h6-9,18,21H,2-5,10-17H2,1H3,(H2,24,25,26);1H. The number of guanidine groups is 1. The molecular formula is C22H36FIN4O2. The highest BCUT2D eigenvalue weighted by atomic mass is 127. The molecule has 1 atom stereocenters. The van der Waals surface area contributed by atoms with Gasteiger partial charge in [0.2, 0.25) is 0 Å². The predicted molar refractivity (Wildman–Crippen MR) is 129 cm³/mol. The molecule has 1 aromatic rings. The van der Waals surface area contributed by atoms with Crippen molar-refractivity contribution in [1.82, 2.24) is 15.5 Å². The molecule has 1 unspecified atom stereocenters. The van der Waals surface area contributed by atoms with Crippen LogP contribution in [0.4, 0.5) is 4.39 Å². The first-order valence-corrected chi connectivity index (χ1v) is 10.9. The molecule has 1 saturated carbocycles. The summed E-state index contributed by atoms with van der Waals surface area (Å²) < 4.78 is 24.6. The van der Waals surface area contributed by atoms with Crippen LogP contribution in [0.1, 0.15) is 37.8 Å². The van der Waals surface area contributed by atoms with E-state index in [0.717, 1.165) is 76.5 Å². The van der Waals surface area contributed by atoms with E-state index in [0.29, 0.717) is 6.54 Å². The zero-order valence-electron chi connectivity index (χ0n) is 17.9. The zero-order valence-corrected chi connectivity index (χ0v) is 20.3. The van der Waals surface area contributed by atoms with E-state index < -0.39 is 0 Å². The second-order valence-corrected chi connectivity index (χ2v) is 7.73. The fourth-order valence-corrected chi connectivity index (χ4v) is 3.44. The zero-order chi connectivity index (χ0) is 20.3. The Morgan fingerprint density at radius 3 is 2.63 bits per heavy atom. The minimum Gasteiger partial charge on any atom is -0.381 e. The van der Waals surface area contributed by atoms with Gasteiger partial charge in [0.15, 0.2) is 5.96 Å². The molecule has 0 bridgehead atoms. The van der Waals surface area contributed by atoms with Gasteiger partial charge < -0.3 is 20.1 Å². The number of benzene rings is 1. The van der Waals surface area contributed by atoms with Gasteiger partial charge in [0.1, 0.15) is 5.82 Å². The van der Waals surface area contributed by atoms with Crippen LogP contribution >= 0.6 is 24.0 Å². The Balaban J connectivity index is 0.00000320. The first kappa shape index (κ1) is 25.3. The molecule has 8 heteroatoms. The van der Waals surface area contributed by atoms with Crippen LogP contribution in [0.2, 0.25) is 0 Å². The van der Waals surface area contributed by atoms with Crippen LogP contribution in [0.15, 0.2) is 29.3 Å². The van der Waals surface area contributed by atoms with Crippen molar-refractivity contribution >= 4 is 29.9 Å². The van der Waals surface area contributed by atoms with E-state index in [-0.39, 0.29) is 35.8 Å². The Kier molecular flexibility index (Phi) is 11.9. The number of nitrogens with zero attached hydrogens (tertiary/aromatic N) is 2. The Labute approximate surface area is 197 Å². The number of aliphatic imine (C=N–C) groups is 1. The van der Waals surface area contributed by atoms with Crippen molar-refractivity contribution in [2.24, 2.45) is 10.9 Å². The van der Waals surface area contributed by atoms with Crippen molar-refractivity contribution in [1.29, 1.82) is 0 Å². The summed E-state index contributed by atoms with van der Waals surface area (Å²) >= 11 is 0. The first-order valence-electron chi connectivity index (χ1n) is 10.9. The molecule has 1 aromatic carbocycles. The molecule has 1 heterocycles. The average Bonchev–Trinajstić information content (AvgIpc) is 3.57. The van der Waals surface area contributed by atoms with Crippen molar-refractivity contribution < 1.29 is 13.9 Å². The summed E-state index contributed by atoms with van der Waals surface area (Å²) in [7, 11) is 0. The van der Waals surface area contributed by atoms with Crippen LogP contribution in [0.3, 0.4) is 0 Å². The minimum atomic E-state index is -0.211. The van der Waals surface area contributed by atoms with E-state index in [1.54, 1.807) is 0 Å². The number of halogens is 2. The smallest absolute Gasteiger partial charge is 0.191 e. The molecule has 0 aromatic heterocycles. The highest BCUT2D eigenvalue weighted by Crippen LogP contribution is 2.28. The van der Waals surface area contributed by atoms with Gasteiger partial charge in [-0.15, -0.1) is 24.0 Å². The highest BCUT2D eigenvalue weighted by Gasteiger charge is 2.23. The summed E-state index contributed by atoms with van der Waals surface area (Å²) in [6.45, 7) is 9.18. The fourth-order valence-electron chi connectivity index (χ4n) is 3.44. The van der Waals surface area contributed by atoms with Crippen molar-refractivity contribution in [3.63, 3.8) is 0 Å². The van der Waals surface area contributed by atoms with Gasteiger partial charge in [0, 0.05) is 39.4 Å². The lowest BCUT2D eigenvalue weighted by Crippen LogP contribution is -2.42. The number of nitrogens with one attached hydrogen (secondary N) is 2. The fraction of sp³-hybridized carbons (Fsp3) is 0.682. The maximum Gasteiger partial charge on any atom is 0.191 e. The number of rotatable bonds is 11. The Hall–Kier alpha value is -0.970. The summed E-state index contributed by atoms with van der Waals surface area (Å²) in [6, 6.07) is 6.89. The van der Waals surface area contributed by atoms with E-state index in [9.17, 15) is 4.39 Å². The van der Waals surface area contributed by atoms with Crippen LogP contribution in [-0.2, 0) is 9.47 Å². The molecule has 2 aliphatic rings. The minimum absolute atomic E-state index is 0. The monoisotopic (exact) mass is 534 g/mol. The van der Waals surface area contributed by atoms with Crippen LogP contribution in [-0.4, -0.2) is 70.0 Å². The second-order valence-electron chi connectivity index (χ2n) is 7.73. The van der Waals surface area contributed by atoms with Crippen LogP contribution in [0, 0.1) is 11.7 Å². The average molecular weight is 534 g/mol. The summed E-state index contributed by atoms with van der Waals surface area (Å²) in [5.74, 6) is 1.41. The summed E-state index contributed by atoms with van der Waals surface area (Å²) in [5.41, 5.74) is 1.08. The predicted octanol–water partition coefficient (Wildman–Crippen LogP) is 3.19. The van der Waals surface area contributed by atoms with Gasteiger partial charge >= 0.3 is 0 Å². The molecule has 30 heavy (non-hydrogen) atoms. The second kappa shape index (κ2) is 14.2. The van der Waals surface area contributed by atoms with Gasteiger partial charge in [-0.1, -0.05) is 12.1 Å². The van der Waals surface area contributed by atoms with E-state index in [4.69, 9.17) is 14.5 Å². The maximum atomic E-state index is 13.4. The van der Waals surface area contributed by atoms with Crippen molar-refractivity contribution in [3.8, 4) is 0 Å². The first-order chi connectivity index (χ1) is 14.3. The number of morpholine rings is 1. The van der Waals surface area contributed by atoms with Crippen molar-refractivity contribution in [3.05, 3.63) is 35.6 Å². The normalized spacial score (nSPS) is 18.5. The SMILES string of the molecule is CCNC(=NCC(c1ccc(F)cc1)N1CCOCC1)NCCCOCC1CC1.I. The van der Waals surface area contributed by atoms with E-state index in [1.165, 1.54) is 25.0 Å². The molecule has 2 fully saturated rings. The molecular weight excluding hydrogens is 498 g/mol. The molecule has 3 rings (SSSR count). The third-order valence-electron chi connectivity index (χ3n) is 5.32. The van der Waals surface area contributed by atoms with Gasteiger partial charge in [0.05, 0.1) is 25.8 Å². The molecule has 2 N–H and O–H groups in total. The lowest BCUT2D eigenvalue weighted by molar-refractivity contribution is 0.0179. The quantitative estimate of drug-likeness (QED) is 0.198. The summed E-state index contributed by atoms with van der Waals surface area (Å²) in [6.07, 6.45) is 3.61. The summed E-state index contributed by atoms with van der Waals surface area (Å²) in [5, 5.41) is 6.71. The largest absolute Gasteiger partial charge is 0.381 e. The third kappa shape index (κ3) is 9.03. The molecule has 1 aliphatic carbocycles. The Bertz CT molecular complexity index is 622. The number of ether oxygens (including phenoxy) is 2. The van der Waals surface area contributed by atoms with E-state index in [1.807, 2.05) is 12.1 Å². The molecule has 0 radical (unpaired) electrons. The van der Waals surface area contributed by atoms with Crippen molar-refractivity contribution in [2.75, 3.05) is 59.2 Å².